The van der Waals surface area contributed by atoms with E-state index in [0.29, 0.717) is 24.6 Å². The summed E-state index contributed by atoms with van der Waals surface area (Å²) in [4.78, 5) is 5.11. The fourth-order valence-electron chi connectivity index (χ4n) is 4.13. The first-order valence-corrected chi connectivity index (χ1v) is 11.6. The topological polar surface area (TPSA) is 88.9 Å². The summed E-state index contributed by atoms with van der Waals surface area (Å²) < 4.78 is 8.20. The van der Waals surface area contributed by atoms with Crippen molar-refractivity contribution in [1.29, 1.82) is 5.41 Å². The lowest BCUT2D eigenvalue weighted by Gasteiger charge is -2.18. The summed E-state index contributed by atoms with van der Waals surface area (Å²) in [5.74, 6) is 0.805. The van der Waals surface area contributed by atoms with Crippen molar-refractivity contribution in [2.24, 2.45) is 5.73 Å². The zero-order valence-electron chi connectivity index (χ0n) is 21.2. The molecule has 0 amide bonds. The van der Waals surface area contributed by atoms with Gasteiger partial charge in [0.2, 0.25) is 0 Å². The zero-order valence-corrected chi connectivity index (χ0v) is 21.2. The molecule has 0 aromatic carbocycles. The van der Waals surface area contributed by atoms with Crippen molar-refractivity contribution < 1.29 is 4.74 Å². The Kier molecular flexibility index (Phi) is 9.09. The Labute approximate surface area is 198 Å². The Morgan fingerprint density at radius 2 is 2.03 bits per heavy atom. The van der Waals surface area contributed by atoms with Crippen LogP contribution in [0.4, 0.5) is 5.69 Å². The summed E-state index contributed by atoms with van der Waals surface area (Å²) in [6, 6.07) is 2.33. The van der Waals surface area contributed by atoms with Crippen LogP contribution in [-0.2, 0) is 11.2 Å². The van der Waals surface area contributed by atoms with E-state index in [1.165, 1.54) is 11.3 Å². The summed E-state index contributed by atoms with van der Waals surface area (Å²) >= 11 is 0. The fraction of sp³-hybridized carbons (Fsp3) is 0.407. The Bertz CT molecular complexity index is 1110. The van der Waals surface area contributed by atoms with Crippen LogP contribution in [0.5, 0.6) is 0 Å². The van der Waals surface area contributed by atoms with Crippen molar-refractivity contribution in [3.8, 4) is 0 Å². The van der Waals surface area contributed by atoms with Gasteiger partial charge in [-0.05, 0) is 71.7 Å². The second-order valence-electron chi connectivity index (χ2n) is 8.41. The summed E-state index contributed by atoms with van der Waals surface area (Å²) in [5, 5.41) is 11.7. The van der Waals surface area contributed by atoms with Crippen LogP contribution in [0, 0.1) is 12.3 Å². The lowest BCUT2D eigenvalue weighted by molar-refractivity contribution is 0.233. The normalized spacial score (nSPS) is 13.0. The number of aryl methyl sites for hydroxylation is 1. The van der Waals surface area contributed by atoms with E-state index in [1.54, 1.807) is 19.1 Å². The first-order chi connectivity index (χ1) is 15.7. The van der Waals surface area contributed by atoms with Crippen molar-refractivity contribution in [2.75, 3.05) is 18.5 Å². The van der Waals surface area contributed by atoms with Gasteiger partial charge in [0.1, 0.15) is 5.76 Å². The number of pyridine rings is 1. The van der Waals surface area contributed by atoms with Crippen LogP contribution in [-0.4, -0.2) is 28.4 Å². The molecule has 178 valence electrons. The number of allylic oxidation sites excluding steroid dienone is 6. The third-order valence-corrected chi connectivity index (χ3v) is 5.45. The molecule has 0 atom stereocenters. The molecule has 2 aromatic heterocycles. The third kappa shape index (κ3) is 5.95. The summed E-state index contributed by atoms with van der Waals surface area (Å²) in [5.41, 5.74) is 13.9. The van der Waals surface area contributed by atoms with Gasteiger partial charge in [-0.2, -0.15) is 0 Å². The van der Waals surface area contributed by atoms with Gasteiger partial charge < -0.3 is 25.8 Å². The van der Waals surface area contributed by atoms with Crippen LogP contribution in [0.15, 0.2) is 48.4 Å². The predicted molar refractivity (Wildman–Crippen MR) is 142 cm³/mol. The number of anilines is 1. The lowest BCUT2D eigenvalue weighted by atomic mass is 10.1. The van der Waals surface area contributed by atoms with Gasteiger partial charge in [0.05, 0.1) is 41.3 Å². The average molecular weight is 450 g/mol. The first kappa shape index (κ1) is 26.0. The molecular weight excluding hydrogens is 410 g/mol. The molecular formula is C27H39N5O. The van der Waals surface area contributed by atoms with Gasteiger partial charge >= 0.3 is 0 Å². The average Bonchev–Trinajstić information content (AvgIpc) is 3.04. The van der Waals surface area contributed by atoms with Gasteiger partial charge in [0.25, 0.3) is 0 Å². The number of hydrogen-bond acceptors (Lipinski definition) is 5. The Morgan fingerprint density at radius 1 is 1.33 bits per heavy atom. The highest BCUT2D eigenvalue weighted by atomic mass is 16.5. The van der Waals surface area contributed by atoms with E-state index in [4.69, 9.17) is 20.9 Å². The number of nitrogens with one attached hydrogen (secondary N) is 2. The van der Waals surface area contributed by atoms with Crippen LogP contribution < -0.4 is 11.1 Å². The second-order valence-corrected chi connectivity index (χ2v) is 8.41. The van der Waals surface area contributed by atoms with Crippen LogP contribution >= 0.6 is 0 Å². The SMILES string of the molecule is C=C/C=C\C(=C(/C)OCC)c1cc(NCC(=N)/C=C(/C)N)c2c(n1)c(C)c(CC)n2C(C)C. The van der Waals surface area contributed by atoms with E-state index in [1.807, 2.05) is 26.0 Å². The number of fused-ring (bicyclic) bond motifs is 1. The molecule has 0 saturated carbocycles. The molecule has 0 spiro atoms. The van der Waals surface area contributed by atoms with Crippen LogP contribution in [0.1, 0.15) is 64.5 Å². The Morgan fingerprint density at radius 3 is 2.58 bits per heavy atom. The predicted octanol–water partition coefficient (Wildman–Crippen LogP) is 6.29. The fourth-order valence-corrected chi connectivity index (χ4v) is 4.13. The molecule has 0 fully saturated rings. The third-order valence-electron chi connectivity index (χ3n) is 5.45. The molecule has 2 heterocycles. The van der Waals surface area contributed by atoms with Gasteiger partial charge in [0, 0.05) is 23.0 Å². The van der Waals surface area contributed by atoms with Crippen molar-refractivity contribution in [1.82, 2.24) is 9.55 Å². The number of nitrogens with two attached hydrogens (primary N) is 1. The van der Waals surface area contributed by atoms with Crippen LogP contribution in [0.25, 0.3) is 16.6 Å². The molecule has 0 aliphatic rings. The molecule has 0 radical (unpaired) electrons. The quantitative estimate of drug-likeness (QED) is 0.214. The summed E-state index contributed by atoms with van der Waals surface area (Å²) in [6.45, 7) is 19.2. The summed E-state index contributed by atoms with van der Waals surface area (Å²) in [7, 11) is 0. The molecule has 2 aromatic rings. The molecule has 2 rings (SSSR count). The number of aromatic nitrogens is 2. The summed E-state index contributed by atoms with van der Waals surface area (Å²) in [6.07, 6.45) is 8.21. The molecule has 0 aliphatic heterocycles. The highest BCUT2D eigenvalue weighted by molar-refractivity contribution is 5.99. The molecule has 0 bridgehead atoms. The first-order valence-electron chi connectivity index (χ1n) is 11.6. The van der Waals surface area contributed by atoms with Crippen molar-refractivity contribution in [2.45, 2.75) is 60.9 Å². The highest BCUT2D eigenvalue weighted by Gasteiger charge is 2.21. The molecule has 0 saturated heterocycles. The maximum atomic E-state index is 8.26. The van der Waals surface area contributed by atoms with E-state index in [9.17, 15) is 0 Å². The number of rotatable bonds is 11. The standard InChI is InChI=1S/C27H39N5O/c1-9-12-13-22(20(8)33-11-3)23-15-24(30-16-21(29)14-18(6)28)27-26(31-23)19(7)25(10-2)32(27)17(4)5/h9,12-15,17,29H,1,10-11,16,28H2,2-8H3,(H,30,31)/b13-12-,18-14-,22-20-,29-21?. The maximum Gasteiger partial charge on any atom is 0.102 e. The molecule has 0 unspecified atom stereocenters. The second kappa shape index (κ2) is 11.5. The van der Waals surface area contributed by atoms with E-state index >= 15 is 0 Å². The monoisotopic (exact) mass is 449 g/mol. The van der Waals surface area contributed by atoms with Crippen molar-refractivity contribution in [3.63, 3.8) is 0 Å². The number of ether oxygens (including phenoxy) is 1. The largest absolute Gasteiger partial charge is 0.498 e. The minimum atomic E-state index is 0.274. The zero-order chi connectivity index (χ0) is 24.7. The van der Waals surface area contributed by atoms with Crippen LogP contribution in [0.2, 0.25) is 0 Å². The Hall–Kier alpha value is -3.28. The van der Waals surface area contributed by atoms with Crippen molar-refractivity contribution in [3.05, 3.63) is 65.4 Å². The molecule has 6 heteroatoms. The van der Waals surface area contributed by atoms with Gasteiger partial charge in [-0.25, -0.2) is 4.98 Å². The van der Waals surface area contributed by atoms with E-state index in [0.717, 1.165) is 40.2 Å². The Balaban J connectivity index is 2.84. The number of nitrogens with zero attached hydrogens (tertiary/aromatic N) is 2. The molecule has 0 aliphatic carbocycles. The molecule has 4 N–H and O–H groups in total. The molecule has 6 nitrogen and oxygen atoms in total. The lowest BCUT2D eigenvalue weighted by Crippen LogP contribution is -2.14. The van der Waals surface area contributed by atoms with Gasteiger partial charge in [-0.15, -0.1) is 0 Å². The minimum absolute atomic E-state index is 0.274. The van der Waals surface area contributed by atoms with Gasteiger partial charge in [0.15, 0.2) is 0 Å². The smallest absolute Gasteiger partial charge is 0.102 e. The minimum Gasteiger partial charge on any atom is -0.498 e. The van der Waals surface area contributed by atoms with Gasteiger partial charge in [-0.1, -0.05) is 25.7 Å². The number of hydrogen-bond donors (Lipinski definition) is 3. The van der Waals surface area contributed by atoms with Gasteiger partial charge in [-0.3, -0.25) is 0 Å². The van der Waals surface area contributed by atoms with Crippen molar-refractivity contribution >= 4 is 28.0 Å². The maximum absolute atomic E-state index is 8.26. The van der Waals surface area contributed by atoms with E-state index in [2.05, 4.69) is 50.2 Å². The van der Waals surface area contributed by atoms with E-state index < -0.39 is 0 Å². The van der Waals surface area contributed by atoms with E-state index in [-0.39, 0.29) is 6.04 Å². The molecule has 33 heavy (non-hydrogen) atoms. The van der Waals surface area contributed by atoms with Crippen LogP contribution in [0.3, 0.4) is 0 Å². The highest BCUT2D eigenvalue weighted by Crippen LogP contribution is 2.36.